The molecular formula is C47H90NO8P. The van der Waals surface area contributed by atoms with Crippen LogP contribution in [0.5, 0.6) is 0 Å². The quantitative estimate of drug-likeness (QED) is 0.0239. The van der Waals surface area contributed by atoms with Crippen LogP contribution in [0.25, 0.3) is 0 Å². The first-order chi connectivity index (χ1) is 27.8. The Bertz CT molecular complexity index is 990. The summed E-state index contributed by atoms with van der Waals surface area (Å²) in [4.78, 5) is 34.0. The van der Waals surface area contributed by atoms with Gasteiger partial charge in [0.15, 0.2) is 0 Å². The molecule has 57 heavy (non-hydrogen) atoms. The summed E-state index contributed by atoms with van der Waals surface area (Å²) in [5.41, 5.74) is 0. The first kappa shape index (κ1) is 55.5. The van der Waals surface area contributed by atoms with Crippen LogP contribution >= 0.6 is 7.82 Å². The van der Waals surface area contributed by atoms with E-state index in [0.29, 0.717) is 6.42 Å². The van der Waals surface area contributed by atoms with Crippen molar-refractivity contribution in [3.8, 4) is 0 Å². The Morgan fingerprint density at radius 3 is 1.44 bits per heavy atom. The van der Waals surface area contributed by atoms with Crippen molar-refractivity contribution in [2.45, 2.75) is 238 Å². The minimum Gasteiger partial charge on any atom is -0.463 e. The zero-order valence-electron chi connectivity index (χ0n) is 37.0. The fourth-order valence-electron chi connectivity index (χ4n) is 6.77. The van der Waals surface area contributed by atoms with E-state index in [0.717, 1.165) is 64.2 Å². The zero-order valence-corrected chi connectivity index (χ0v) is 37.9. The van der Waals surface area contributed by atoms with Gasteiger partial charge in [0.05, 0.1) is 13.2 Å². The Morgan fingerprint density at radius 1 is 0.544 bits per heavy atom. The highest BCUT2D eigenvalue weighted by atomic mass is 31.2. The van der Waals surface area contributed by atoms with Gasteiger partial charge in [0, 0.05) is 19.4 Å². The number of carbonyl (C=O) groups excluding carboxylic acids is 2. The molecule has 0 aliphatic heterocycles. The first-order valence-electron chi connectivity index (χ1n) is 23.8. The number of unbranched alkanes of at least 4 members (excludes halogenated alkanes) is 28. The molecule has 0 saturated heterocycles. The predicted octanol–water partition coefficient (Wildman–Crippen LogP) is 13.6. The van der Waals surface area contributed by atoms with Crippen LogP contribution in [-0.4, -0.2) is 54.3 Å². The van der Waals surface area contributed by atoms with Gasteiger partial charge in [-0.05, 0) is 44.9 Å². The minimum absolute atomic E-state index is 0.0837. The van der Waals surface area contributed by atoms with Gasteiger partial charge in [-0.15, -0.1) is 0 Å². The maximum absolute atomic E-state index is 12.1. The van der Waals surface area contributed by atoms with Crippen LogP contribution in [0.2, 0.25) is 0 Å². The molecule has 336 valence electrons. The Hall–Kier alpha value is -1.51. The van der Waals surface area contributed by atoms with Crippen LogP contribution in [0, 0.1) is 0 Å². The van der Waals surface area contributed by atoms with Crippen LogP contribution in [0.15, 0.2) is 24.3 Å². The van der Waals surface area contributed by atoms with Gasteiger partial charge in [0.25, 0.3) is 0 Å². The number of nitrogens with one attached hydrogen (secondary N) is 1. The number of amides is 1. The smallest absolute Gasteiger partial charge is 0.463 e. The van der Waals surface area contributed by atoms with E-state index < -0.39 is 26.5 Å². The lowest BCUT2D eigenvalue weighted by atomic mass is 10.0. The highest BCUT2D eigenvalue weighted by Crippen LogP contribution is 2.42. The summed E-state index contributed by atoms with van der Waals surface area (Å²) in [6.07, 6.45) is 48.3. The fourth-order valence-corrected chi connectivity index (χ4v) is 7.52. The van der Waals surface area contributed by atoms with E-state index in [1.54, 1.807) is 0 Å². The number of hydrogen-bond acceptors (Lipinski definition) is 7. The van der Waals surface area contributed by atoms with Crippen LogP contribution in [-0.2, 0) is 27.9 Å². The molecule has 3 N–H and O–H groups in total. The van der Waals surface area contributed by atoms with E-state index in [2.05, 4.69) is 43.5 Å². The normalized spacial score (nSPS) is 13.4. The van der Waals surface area contributed by atoms with Crippen LogP contribution in [0.1, 0.15) is 232 Å². The Morgan fingerprint density at radius 2 is 0.947 bits per heavy atom. The van der Waals surface area contributed by atoms with Gasteiger partial charge >= 0.3 is 13.8 Å². The molecule has 0 radical (unpaired) electrons. The lowest BCUT2D eigenvalue weighted by Gasteiger charge is -2.15. The number of allylic oxidation sites excluding steroid dienone is 4. The maximum Gasteiger partial charge on any atom is 0.472 e. The summed E-state index contributed by atoms with van der Waals surface area (Å²) in [5, 5.41) is 12.7. The summed E-state index contributed by atoms with van der Waals surface area (Å²) in [7, 11) is -4.42. The third kappa shape index (κ3) is 45.4. The molecule has 0 spiro atoms. The molecular weight excluding hydrogens is 737 g/mol. The number of aliphatic hydroxyl groups excluding tert-OH is 1. The van der Waals surface area contributed by atoms with Crippen molar-refractivity contribution >= 4 is 19.7 Å². The summed E-state index contributed by atoms with van der Waals surface area (Å²) < 4.78 is 26.9. The van der Waals surface area contributed by atoms with Crippen LogP contribution in [0.3, 0.4) is 0 Å². The molecule has 10 heteroatoms. The van der Waals surface area contributed by atoms with Crippen molar-refractivity contribution in [1.82, 2.24) is 5.32 Å². The summed E-state index contributed by atoms with van der Waals surface area (Å²) in [5.74, 6) is -0.522. The third-order valence-electron chi connectivity index (χ3n) is 10.4. The Kier molecular flexibility index (Phi) is 42.9. The predicted molar refractivity (Wildman–Crippen MR) is 238 cm³/mol. The Balaban J connectivity index is 3.55. The number of esters is 1. The van der Waals surface area contributed by atoms with E-state index in [1.807, 2.05) is 0 Å². The van der Waals surface area contributed by atoms with Gasteiger partial charge in [0.1, 0.15) is 12.7 Å². The van der Waals surface area contributed by atoms with Gasteiger partial charge < -0.3 is 20.1 Å². The van der Waals surface area contributed by atoms with E-state index in [9.17, 15) is 24.2 Å². The van der Waals surface area contributed by atoms with Crippen molar-refractivity contribution in [3.63, 3.8) is 0 Å². The van der Waals surface area contributed by atoms with E-state index in [4.69, 9.17) is 13.8 Å². The molecule has 2 atom stereocenters. The highest BCUT2D eigenvalue weighted by molar-refractivity contribution is 7.47. The van der Waals surface area contributed by atoms with Crippen molar-refractivity contribution in [3.05, 3.63) is 24.3 Å². The number of phosphoric acid groups is 1. The second kappa shape index (κ2) is 44.1. The largest absolute Gasteiger partial charge is 0.472 e. The Labute approximate surface area is 350 Å². The van der Waals surface area contributed by atoms with Crippen molar-refractivity contribution in [2.24, 2.45) is 0 Å². The fraction of sp³-hybridized carbons (Fsp3) is 0.872. The molecule has 9 nitrogen and oxygen atoms in total. The molecule has 0 fully saturated rings. The van der Waals surface area contributed by atoms with E-state index in [-0.39, 0.29) is 32.1 Å². The molecule has 2 unspecified atom stereocenters. The number of ether oxygens (including phenoxy) is 1. The van der Waals surface area contributed by atoms with Crippen LogP contribution < -0.4 is 5.32 Å². The monoisotopic (exact) mass is 828 g/mol. The van der Waals surface area contributed by atoms with Crippen LogP contribution in [0.4, 0.5) is 0 Å². The highest BCUT2D eigenvalue weighted by Gasteiger charge is 2.23. The number of hydrogen-bond donors (Lipinski definition) is 3. The molecule has 0 aliphatic carbocycles. The van der Waals surface area contributed by atoms with Gasteiger partial charge in [-0.2, -0.15) is 0 Å². The zero-order chi connectivity index (χ0) is 41.8. The molecule has 0 aliphatic rings. The molecule has 0 heterocycles. The number of carbonyl (C=O) groups is 2. The second-order valence-corrected chi connectivity index (χ2v) is 17.5. The lowest BCUT2D eigenvalue weighted by Crippen LogP contribution is -2.27. The van der Waals surface area contributed by atoms with E-state index >= 15 is 0 Å². The first-order valence-corrected chi connectivity index (χ1v) is 25.3. The molecule has 0 saturated carbocycles. The molecule has 0 aromatic rings. The summed E-state index contributed by atoms with van der Waals surface area (Å²) in [6.45, 7) is 3.55. The molecule has 0 bridgehead atoms. The molecule has 0 rings (SSSR count). The molecule has 0 aromatic carbocycles. The van der Waals surface area contributed by atoms with E-state index in [1.165, 1.54) is 141 Å². The maximum atomic E-state index is 12.1. The second-order valence-electron chi connectivity index (χ2n) is 16.1. The van der Waals surface area contributed by atoms with Crippen molar-refractivity contribution in [1.29, 1.82) is 0 Å². The summed E-state index contributed by atoms with van der Waals surface area (Å²) in [6, 6.07) is 0. The van der Waals surface area contributed by atoms with Gasteiger partial charge in [-0.3, -0.25) is 18.6 Å². The van der Waals surface area contributed by atoms with Gasteiger partial charge in [-0.25, -0.2) is 4.57 Å². The molecule has 1 amide bonds. The van der Waals surface area contributed by atoms with Gasteiger partial charge in [0.2, 0.25) is 5.91 Å². The topological polar surface area (TPSA) is 131 Å². The lowest BCUT2D eigenvalue weighted by molar-refractivity contribution is -0.147. The number of phosphoric ester groups is 1. The average Bonchev–Trinajstić information content (AvgIpc) is 3.20. The standard InChI is InChI=1S/C47H90NO8P/c1-3-5-7-9-11-13-15-17-19-20-21-22-23-24-26-27-29-31-33-35-37-39-46(50)48-41-42-55-57(52,53)56-44-45(49)43-54-47(51)40-38-36-34-32-30-28-25-18-16-14-12-10-8-6-4-2/h12,14,18,25,45,49H,3-11,13,15-17,19-24,26-44H2,1-2H3,(H,48,50)(H,52,53)/b14-12-,25-18-. The molecule has 0 aromatic heterocycles. The average molecular weight is 828 g/mol. The number of aliphatic hydroxyl groups is 1. The number of rotatable bonds is 45. The third-order valence-corrected chi connectivity index (χ3v) is 11.4. The van der Waals surface area contributed by atoms with Crippen molar-refractivity contribution in [2.75, 3.05) is 26.4 Å². The van der Waals surface area contributed by atoms with Gasteiger partial charge in [-0.1, -0.05) is 199 Å². The SMILES string of the molecule is CCCCC/C=C\C/C=C\CCCCCCCC(=O)OCC(O)COP(=O)(O)OCCNC(=O)CCCCCCCCCCCCCCCCCCCCCCC. The van der Waals surface area contributed by atoms with Crippen molar-refractivity contribution < 1.29 is 37.9 Å². The summed E-state index contributed by atoms with van der Waals surface area (Å²) >= 11 is 0. The minimum atomic E-state index is -4.42.